The van der Waals surface area contributed by atoms with Crippen molar-refractivity contribution in [1.29, 1.82) is 0 Å². The normalized spacial score (nSPS) is 14.5. The Bertz CT molecular complexity index is 3510. The van der Waals surface area contributed by atoms with Crippen LogP contribution in [0.5, 0.6) is 0 Å². The number of anilines is 6. The zero-order chi connectivity index (χ0) is 42.7. The molecule has 0 radical (unpaired) electrons. The molecule has 0 amide bonds. The summed E-state index contributed by atoms with van der Waals surface area (Å²) in [5.41, 5.74) is 25.7. The first-order valence-corrected chi connectivity index (χ1v) is 22.4. The van der Waals surface area contributed by atoms with E-state index in [-0.39, 0.29) is 0 Å². The molecule has 10 aromatic rings. The maximum atomic E-state index is 2.59. The molecule has 0 N–H and O–H groups in total. The molecule has 0 bridgehead atoms. The van der Waals surface area contributed by atoms with Crippen LogP contribution in [0.3, 0.4) is 0 Å². The number of rotatable bonds is 6. The van der Waals surface area contributed by atoms with Gasteiger partial charge in [-0.3, -0.25) is 0 Å². The molecule has 3 aliphatic rings. The summed E-state index contributed by atoms with van der Waals surface area (Å²) in [5.74, 6) is 0. The van der Waals surface area contributed by atoms with Crippen LogP contribution in [0, 0.1) is 20.8 Å². The second kappa shape index (κ2) is 13.8. The van der Waals surface area contributed by atoms with Crippen molar-refractivity contribution in [2.24, 2.45) is 0 Å². The second-order valence-electron chi connectivity index (χ2n) is 17.8. The van der Waals surface area contributed by atoms with Crippen molar-refractivity contribution in [3.63, 3.8) is 0 Å². The van der Waals surface area contributed by atoms with Gasteiger partial charge in [-0.15, -0.1) is 0 Å². The second-order valence-corrected chi connectivity index (χ2v) is 17.8. The molecule has 302 valence electrons. The van der Waals surface area contributed by atoms with Crippen LogP contribution in [0.15, 0.2) is 212 Å². The highest BCUT2D eigenvalue weighted by Crippen LogP contribution is 2.67. The summed E-state index contributed by atoms with van der Waals surface area (Å²) in [7, 11) is 0. The highest BCUT2D eigenvalue weighted by atomic mass is 15.1. The van der Waals surface area contributed by atoms with Crippen molar-refractivity contribution in [1.82, 2.24) is 0 Å². The minimum absolute atomic E-state index is 0.626. The van der Waals surface area contributed by atoms with Crippen molar-refractivity contribution in [2.75, 3.05) is 9.80 Å². The van der Waals surface area contributed by atoms with E-state index in [0.29, 0.717) is 0 Å². The standard InChI is InChI=1S/C62H44N2/c1-39-25-29-44(30-26-39)63(42-15-6-4-7-16-42)46-33-34-49-53-35-41(3)59(64(43-17-8-5-9-18-43)45-31-27-40(2)28-32-45)38-57(53)62(56(49)36-46)55-24-13-12-21-51(55)61-52-23-14-22-50-47-19-10-11-20-48(47)54(60(50)52)37-58(61)62/h4-38H,1-3H3. The summed E-state index contributed by atoms with van der Waals surface area (Å²) < 4.78 is 0. The van der Waals surface area contributed by atoms with Crippen molar-refractivity contribution >= 4 is 44.9 Å². The molecule has 13 rings (SSSR count). The Kier molecular flexibility index (Phi) is 7.90. The van der Waals surface area contributed by atoms with Crippen LogP contribution in [0.4, 0.5) is 34.1 Å². The molecule has 0 aromatic heterocycles. The first-order chi connectivity index (χ1) is 31.5. The average Bonchev–Trinajstić information content (AvgIpc) is 3.93. The maximum absolute atomic E-state index is 2.59. The van der Waals surface area contributed by atoms with Gasteiger partial charge in [0.2, 0.25) is 0 Å². The number of hydrogen-bond donors (Lipinski definition) is 0. The Labute approximate surface area is 375 Å². The van der Waals surface area contributed by atoms with Gasteiger partial charge in [0, 0.05) is 34.1 Å². The lowest BCUT2D eigenvalue weighted by Gasteiger charge is -2.34. The molecule has 2 heteroatoms. The van der Waals surface area contributed by atoms with Crippen LogP contribution in [0.1, 0.15) is 38.9 Å². The van der Waals surface area contributed by atoms with Gasteiger partial charge in [0.15, 0.2) is 0 Å². The molecule has 3 aliphatic carbocycles. The van der Waals surface area contributed by atoms with Crippen LogP contribution in [-0.2, 0) is 5.41 Å². The van der Waals surface area contributed by atoms with E-state index in [1.54, 1.807) is 0 Å². The molecule has 2 nitrogen and oxygen atoms in total. The fourth-order valence-corrected chi connectivity index (χ4v) is 11.5. The summed E-state index contributed by atoms with van der Waals surface area (Å²) in [6.07, 6.45) is 0. The molecule has 1 unspecified atom stereocenters. The lowest BCUT2D eigenvalue weighted by molar-refractivity contribution is 0.794. The SMILES string of the molecule is Cc1ccc(N(c2ccccc2)c2ccc3c(c2)C2(c4cc(N(c5ccccc5)c5ccc(C)cc5)c(C)cc4-3)c3ccccc3-c3c2cc2c4c(cccc34)-c3ccccc3-2)cc1. The number of fused-ring (bicyclic) bond motifs is 14. The quantitative estimate of drug-likeness (QED) is 0.165. The molecule has 0 aliphatic heterocycles. The summed E-state index contributed by atoms with van der Waals surface area (Å²) >= 11 is 0. The molecule has 64 heavy (non-hydrogen) atoms. The molecule has 0 fully saturated rings. The van der Waals surface area contributed by atoms with Crippen LogP contribution in [0.25, 0.3) is 55.3 Å². The summed E-state index contributed by atoms with van der Waals surface area (Å²) in [6.45, 7) is 6.61. The fraction of sp³-hybridized carbons (Fsp3) is 0.0645. The van der Waals surface area contributed by atoms with Crippen molar-refractivity contribution in [3.05, 3.63) is 251 Å². The van der Waals surface area contributed by atoms with E-state index in [4.69, 9.17) is 0 Å². The maximum Gasteiger partial charge on any atom is 0.0727 e. The van der Waals surface area contributed by atoms with Gasteiger partial charge in [0.25, 0.3) is 0 Å². The van der Waals surface area contributed by atoms with Gasteiger partial charge in [-0.05, 0) is 183 Å². The van der Waals surface area contributed by atoms with Crippen molar-refractivity contribution < 1.29 is 0 Å². The van der Waals surface area contributed by atoms with E-state index in [1.807, 2.05) is 0 Å². The Hall–Kier alpha value is -7.94. The van der Waals surface area contributed by atoms with E-state index in [2.05, 4.69) is 243 Å². The molecule has 1 atom stereocenters. The predicted octanol–water partition coefficient (Wildman–Crippen LogP) is 16.7. The van der Waals surface area contributed by atoms with Gasteiger partial charge < -0.3 is 9.80 Å². The number of hydrogen-bond acceptors (Lipinski definition) is 2. The lowest BCUT2D eigenvalue weighted by atomic mass is 9.69. The van der Waals surface area contributed by atoms with Crippen LogP contribution < -0.4 is 9.80 Å². The van der Waals surface area contributed by atoms with Crippen LogP contribution in [0.2, 0.25) is 0 Å². The number of para-hydroxylation sites is 2. The third kappa shape index (κ3) is 5.08. The van der Waals surface area contributed by atoms with Crippen molar-refractivity contribution in [2.45, 2.75) is 26.2 Å². The third-order valence-electron chi connectivity index (χ3n) is 14.2. The minimum Gasteiger partial charge on any atom is -0.310 e. The predicted molar refractivity (Wildman–Crippen MR) is 268 cm³/mol. The Morgan fingerprint density at radius 2 is 0.844 bits per heavy atom. The lowest BCUT2D eigenvalue weighted by Crippen LogP contribution is -2.27. The third-order valence-corrected chi connectivity index (χ3v) is 14.2. The average molecular weight is 817 g/mol. The van der Waals surface area contributed by atoms with Crippen LogP contribution in [-0.4, -0.2) is 0 Å². The largest absolute Gasteiger partial charge is 0.310 e. The molecule has 0 saturated heterocycles. The van der Waals surface area contributed by atoms with Gasteiger partial charge >= 0.3 is 0 Å². The summed E-state index contributed by atoms with van der Waals surface area (Å²) in [4.78, 5) is 4.88. The summed E-state index contributed by atoms with van der Waals surface area (Å²) in [6, 6.07) is 79.7. The molecular weight excluding hydrogens is 773 g/mol. The van der Waals surface area contributed by atoms with Crippen molar-refractivity contribution in [3.8, 4) is 44.5 Å². The first-order valence-electron chi connectivity index (χ1n) is 22.4. The zero-order valence-corrected chi connectivity index (χ0v) is 36.1. The minimum atomic E-state index is -0.626. The van der Waals surface area contributed by atoms with E-state index < -0.39 is 5.41 Å². The van der Waals surface area contributed by atoms with Gasteiger partial charge in [0.1, 0.15) is 0 Å². The van der Waals surface area contributed by atoms with Gasteiger partial charge in [-0.25, -0.2) is 0 Å². The Morgan fingerprint density at radius 3 is 1.53 bits per heavy atom. The van der Waals surface area contributed by atoms with Gasteiger partial charge in [-0.2, -0.15) is 0 Å². The Balaban J connectivity index is 1.16. The van der Waals surface area contributed by atoms with Gasteiger partial charge in [-0.1, -0.05) is 145 Å². The number of aryl methyl sites for hydroxylation is 3. The zero-order valence-electron chi connectivity index (χ0n) is 36.1. The van der Waals surface area contributed by atoms with E-state index in [9.17, 15) is 0 Å². The number of benzene rings is 10. The molecule has 1 spiro atoms. The molecule has 0 heterocycles. The van der Waals surface area contributed by atoms with Gasteiger partial charge in [0.05, 0.1) is 5.41 Å². The Morgan fingerprint density at radius 1 is 0.312 bits per heavy atom. The fourth-order valence-electron chi connectivity index (χ4n) is 11.5. The number of nitrogens with zero attached hydrogens (tertiary/aromatic N) is 2. The first kappa shape index (κ1) is 36.7. The molecule has 0 saturated carbocycles. The van der Waals surface area contributed by atoms with E-state index >= 15 is 0 Å². The monoisotopic (exact) mass is 816 g/mol. The van der Waals surface area contributed by atoms with E-state index in [0.717, 1.165) is 28.4 Å². The molecule has 10 aromatic carbocycles. The highest BCUT2D eigenvalue weighted by molar-refractivity contribution is 6.21. The highest BCUT2D eigenvalue weighted by Gasteiger charge is 2.53. The smallest absolute Gasteiger partial charge is 0.0727 e. The van der Waals surface area contributed by atoms with Crippen LogP contribution >= 0.6 is 0 Å². The topological polar surface area (TPSA) is 6.48 Å². The van der Waals surface area contributed by atoms with E-state index in [1.165, 1.54) is 99.9 Å². The molecular formula is C62H44N2. The summed E-state index contributed by atoms with van der Waals surface area (Å²) in [5, 5.41) is 2.68.